The lowest BCUT2D eigenvalue weighted by Gasteiger charge is -2.17. The fourth-order valence-corrected chi connectivity index (χ4v) is 3.17. The molecule has 0 bridgehead atoms. The number of hydrogen-bond acceptors (Lipinski definition) is 5. The van der Waals surface area contributed by atoms with Gasteiger partial charge in [0.1, 0.15) is 5.75 Å². The van der Waals surface area contributed by atoms with Crippen LogP contribution in [0.4, 0.5) is 5.69 Å². The standard InChI is InChI=1S/C23H18BrNO6/c1-30-23(29)20(14-5-3-2-4-6-14)31-17-10-7-15(8-11-17)21(26)25-19-12-9-16(24)13-18(19)22(27)28/h2-13,20H,1H3,(H,25,26)(H,27,28). The maximum atomic E-state index is 12.6. The maximum absolute atomic E-state index is 12.6. The van der Waals surface area contributed by atoms with Crippen molar-refractivity contribution in [2.45, 2.75) is 6.10 Å². The van der Waals surface area contributed by atoms with Crippen molar-refractivity contribution in [1.82, 2.24) is 0 Å². The maximum Gasteiger partial charge on any atom is 0.351 e. The average Bonchev–Trinajstić information content (AvgIpc) is 2.79. The van der Waals surface area contributed by atoms with Gasteiger partial charge in [0.25, 0.3) is 5.91 Å². The number of ether oxygens (including phenoxy) is 2. The molecule has 0 saturated heterocycles. The number of benzene rings is 3. The van der Waals surface area contributed by atoms with Crippen LogP contribution in [0.25, 0.3) is 0 Å². The summed E-state index contributed by atoms with van der Waals surface area (Å²) in [6.45, 7) is 0. The van der Waals surface area contributed by atoms with Gasteiger partial charge in [0.15, 0.2) is 0 Å². The van der Waals surface area contributed by atoms with Crippen LogP contribution in [0.1, 0.15) is 32.4 Å². The lowest BCUT2D eigenvalue weighted by molar-refractivity contribution is -0.149. The zero-order valence-corrected chi connectivity index (χ0v) is 18.0. The molecular formula is C23H18BrNO6. The van der Waals surface area contributed by atoms with Gasteiger partial charge in [-0.1, -0.05) is 46.3 Å². The normalized spacial score (nSPS) is 11.3. The number of nitrogens with one attached hydrogen (secondary N) is 1. The molecule has 0 aliphatic carbocycles. The van der Waals surface area contributed by atoms with Crippen LogP contribution >= 0.6 is 15.9 Å². The molecular weight excluding hydrogens is 466 g/mol. The number of amides is 1. The summed E-state index contributed by atoms with van der Waals surface area (Å²) in [6.07, 6.45) is -0.952. The second-order valence-electron chi connectivity index (χ2n) is 6.41. The minimum atomic E-state index is -1.16. The smallest absolute Gasteiger partial charge is 0.351 e. The van der Waals surface area contributed by atoms with Gasteiger partial charge in [0.05, 0.1) is 18.4 Å². The van der Waals surface area contributed by atoms with E-state index < -0.39 is 23.9 Å². The first-order chi connectivity index (χ1) is 14.9. The number of methoxy groups -OCH3 is 1. The number of carboxylic acid groups (broad SMARTS) is 1. The molecule has 3 aromatic rings. The Bertz CT molecular complexity index is 1100. The third kappa shape index (κ3) is 5.49. The quantitative estimate of drug-likeness (QED) is 0.472. The molecule has 0 aromatic heterocycles. The van der Waals surface area contributed by atoms with Crippen molar-refractivity contribution in [1.29, 1.82) is 0 Å². The van der Waals surface area contributed by atoms with Crippen molar-refractivity contribution in [3.05, 3.63) is 94.0 Å². The highest BCUT2D eigenvalue weighted by Crippen LogP contribution is 2.25. The van der Waals surface area contributed by atoms with E-state index in [9.17, 15) is 19.5 Å². The monoisotopic (exact) mass is 483 g/mol. The molecule has 3 aromatic carbocycles. The first kappa shape index (κ1) is 22.0. The molecule has 2 N–H and O–H groups in total. The molecule has 8 heteroatoms. The number of hydrogen-bond donors (Lipinski definition) is 2. The largest absolute Gasteiger partial charge is 0.478 e. The van der Waals surface area contributed by atoms with Crippen molar-refractivity contribution in [3.63, 3.8) is 0 Å². The van der Waals surface area contributed by atoms with Crippen LogP contribution in [0.5, 0.6) is 5.75 Å². The molecule has 0 radical (unpaired) electrons. The minimum absolute atomic E-state index is 0.0357. The van der Waals surface area contributed by atoms with Crippen molar-refractivity contribution in [3.8, 4) is 5.75 Å². The molecule has 0 saturated carbocycles. The Morgan fingerprint density at radius 2 is 1.65 bits per heavy atom. The highest BCUT2D eigenvalue weighted by molar-refractivity contribution is 9.10. The van der Waals surface area contributed by atoms with Gasteiger partial charge in [-0.2, -0.15) is 0 Å². The van der Waals surface area contributed by atoms with E-state index in [1.807, 2.05) is 6.07 Å². The SMILES string of the molecule is COC(=O)C(Oc1ccc(C(=O)Nc2ccc(Br)cc2C(=O)O)cc1)c1ccccc1. The minimum Gasteiger partial charge on any atom is -0.478 e. The molecule has 158 valence electrons. The summed E-state index contributed by atoms with van der Waals surface area (Å²) in [5.41, 5.74) is 1.07. The fraction of sp³-hybridized carbons (Fsp3) is 0.0870. The van der Waals surface area contributed by atoms with Gasteiger partial charge in [0, 0.05) is 15.6 Å². The number of anilines is 1. The van der Waals surface area contributed by atoms with Gasteiger partial charge in [-0.05, 0) is 42.5 Å². The number of halogens is 1. The lowest BCUT2D eigenvalue weighted by Crippen LogP contribution is -2.20. The Morgan fingerprint density at radius 3 is 2.26 bits per heavy atom. The van der Waals surface area contributed by atoms with Crippen LogP contribution in [0.3, 0.4) is 0 Å². The van der Waals surface area contributed by atoms with E-state index in [0.717, 1.165) is 0 Å². The molecule has 3 rings (SSSR count). The van der Waals surface area contributed by atoms with Crippen LogP contribution < -0.4 is 10.1 Å². The van der Waals surface area contributed by atoms with Crippen molar-refractivity contribution in [2.24, 2.45) is 0 Å². The first-order valence-electron chi connectivity index (χ1n) is 9.12. The molecule has 7 nitrogen and oxygen atoms in total. The molecule has 0 heterocycles. The summed E-state index contributed by atoms with van der Waals surface area (Å²) in [5, 5.41) is 11.9. The van der Waals surface area contributed by atoms with E-state index >= 15 is 0 Å². The highest BCUT2D eigenvalue weighted by Gasteiger charge is 2.23. The summed E-state index contributed by atoms with van der Waals surface area (Å²) < 4.78 is 11.2. The topological polar surface area (TPSA) is 102 Å². The Labute approximate surface area is 186 Å². The van der Waals surface area contributed by atoms with E-state index in [-0.39, 0.29) is 11.3 Å². The predicted octanol–water partition coefficient (Wildman–Crippen LogP) is 4.69. The molecule has 0 spiro atoms. The van der Waals surface area contributed by atoms with Gasteiger partial charge in [-0.25, -0.2) is 9.59 Å². The number of carbonyl (C=O) groups excluding carboxylic acids is 2. The number of rotatable bonds is 7. The zero-order valence-electron chi connectivity index (χ0n) is 16.4. The third-order valence-corrected chi connectivity index (χ3v) is 4.84. The Hall–Kier alpha value is -3.65. The molecule has 0 aliphatic heterocycles. The lowest BCUT2D eigenvalue weighted by atomic mass is 10.1. The van der Waals surface area contributed by atoms with Crippen molar-refractivity contribution >= 4 is 39.5 Å². The fourth-order valence-electron chi connectivity index (χ4n) is 2.80. The van der Waals surface area contributed by atoms with Gasteiger partial charge < -0.3 is 19.9 Å². The predicted molar refractivity (Wildman–Crippen MR) is 117 cm³/mol. The van der Waals surface area contributed by atoms with E-state index in [2.05, 4.69) is 21.2 Å². The summed E-state index contributed by atoms with van der Waals surface area (Å²) >= 11 is 3.21. The highest BCUT2D eigenvalue weighted by atomic mass is 79.9. The average molecular weight is 484 g/mol. The molecule has 1 unspecified atom stereocenters. The number of esters is 1. The van der Waals surface area contributed by atoms with E-state index in [0.29, 0.717) is 21.3 Å². The first-order valence-corrected chi connectivity index (χ1v) is 9.92. The zero-order chi connectivity index (χ0) is 22.4. The van der Waals surface area contributed by atoms with Crippen LogP contribution in [-0.2, 0) is 9.53 Å². The Kier molecular flexibility index (Phi) is 7.04. The molecule has 31 heavy (non-hydrogen) atoms. The second kappa shape index (κ2) is 9.90. The summed E-state index contributed by atoms with van der Waals surface area (Å²) in [7, 11) is 1.28. The Balaban J connectivity index is 1.76. The summed E-state index contributed by atoms with van der Waals surface area (Å²) in [5.74, 6) is -1.82. The molecule has 1 atom stereocenters. The van der Waals surface area contributed by atoms with Gasteiger partial charge >= 0.3 is 11.9 Å². The second-order valence-corrected chi connectivity index (χ2v) is 7.32. The van der Waals surface area contributed by atoms with Crippen molar-refractivity contribution in [2.75, 3.05) is 12.4 Å². The van der Waals surface area contributed by atoms with Crippen LogP contribution in [-0.4, -0.2) is 30.1 Å². The van der Waals surface area contributed by atoms with Gasteiger partial charge in [-0.3, -0.25) is 4.79 Å². The number of carboxylic acids is 1. The van der Waals surface area contributed by atoms with E-state index in [1.54, 1.807) is 42.5 Å². The number of carbonyl (C=O) groups is 3. The third-order valence-electron chi connectivity index (χ3n) is 4.35. The van der Waals surface area contributed by atoms with Gasteiger partial charge in [-0.15, -0.1) is 0 Å². The Morgan fingerprint density at radius 1 is 0.968 bits per heavy atom. The summed E-state index contributed by atoms with van der Waals surface area (Å²) in [6, 6.07) is 19.6. The van der Waals surface area contributed by atoms with Gasteiger partial charge in [0.2, 0.25) is 6.10 Å². The van der Waals surface area contributed by atoms with Crippen molar-refractivity contribution < 1.29 is 29.0 Å². The van der Waals surface area contributed by atoms with Crippen LogP contribution in [0, 0.1) is 0 Å². The summed E-state index contributed by atoms with van der Waals surface area (Å²) in [4.78, 5) is 36.1. The van der Waals surface area contributed by atoms with E-state index in [1.165, 1.54) is 31.4 Å². The molecule has 0 aliphatic rings. The van der Waals surface area contributed by atoms with E-state index in [4.69, 9.17) is 9.47 Å². The van der Waals surface area contributed by atoms with Crippen LogP contribution in [0.15, 0.2) is 77.3 Å². The number of aromatic carboxylic acids is 1. The molecule has 1 amide bonds. The molecule has 0 fully saturated rings. The van der Waals surface area contributed by atoms with Crippen LogP contribution in [0.2, 0.25) is 0 Å².